The Kier molecular flexibility index (Phi) is 5.46. The van der Waals surface area contributed by atoms with Crippen molar-refractivity contribution in [2.24, 2.45) is 5.92 Å². The highest BCUT2D eigenvalue weighted by Crippen LogP contribution is 2.19. The van der Waals surface area contributed by atoms with Crippen LogP contribution in [0.3, 0.4) is 0 Å². The van der Waals surface area contributed by atoms with Crippen LogP contribution in [0.2, 0.25) is 0 Å². The highest BCUT2D eigenvalue weighted by Gasteiger charge is 2.21. The SMILES string of the molecule is COC(=O)c1cccc(Cn2nc(N3CCCC(C=O)C3)ccc2=O)c1. The average molecular weight is 355 g/mol. The van der Waals surface area contributed by atoms with E-state index in [9.17, 15) is 14.4 Å². The molecule has 7 nitrogen and oxygen atoms in total. The molecule has 0 radical (unpaired) electrons. The van der Waals surface area contributed by atoms with Crippen molar-refractivity contribution in [3.63, 3.8) is 0 Å². The number of methoxy groups -OCH3 is 1. The molecule has 1 aromatic carbocycles. The van der Waals surface area contributed by atoms with Crippen LogP contribution < -0.4 is 10.5 Å². The van der Waals surface area contributed by atoms with Crippen molar-refractivity contribution in [2.45, 2.75) is 19.4 Å². The molecule has 0 aliphatic carbocycles. The van der Waals surface area contributed by atoms with Crippen LogP contribution in [0.15, 0.2) is 41.2 Å². The maximum Gasteiger partial charge on any atom is 0.337 e. The molecule has 7 heteroatoms. The number of hydrogen-bond donors (Lipinski definition) is 0. The third kappa shape index (κ3) is 3.99. The van der Waals surface area contributed by atoms with Gasteiger partial charge in [0.15, 0.2) is 0 Å². The molecule has 2 heterocycles. The summed E-state index contributed by atoms with van der Waals surface area (Å²) in [6.45, 7) is 1.68. The van der Waals surface area contributed by atoms with Crippen molar-refractivity contribution in [3.05, 3.63) is 57.9 Å². The van der Waals surface area contributed by atoms with Gasteiger partial charge in [-0.25, -0.2) is 9.48 Å². The Morgan fingerprint density at radius 3 is 2.96 bits per heavy atom. The number of carbonyl (C=O) groups is 2. The molecule has 1 aromatic heterocycles. The zero-order valence-electron chi connectivity index (χ0n) is 14.6. The predicted molar refractivity (Wildman–Crippen MR) is 96.4 cm³/mol. The van der Waals surface area contributed by atoms with E-state index in [-0.39, 0.29) is 18.0 Å². The second kappa shape index (κ2) is 7.95. The maximum absolute atomic E-state index is 12.2. The number of aromatic nitrogens is 2. The molecule has 26 heavy (non-hydrogen) atoms. The lowest BCUT2D eigenvalue weighted by Crippen LogP contribution is -2.38. The quantitative estimate of drug-likeness (QED) is 0.597. The van der Waals surface area contributed by atoms with Gasteiger partial charge in [0.2, 0.25) is 0 Å². The second-order valence-electron chi connectivity index (χ2n) is 6.36. The van der Waals surface area contributed by atoms with Crippen molar-refractivity contribution in [1.82, 2.24) is 9.78 Å². The predicted octanol–water partition coefficient (Wildman–Crippen LogP) is 1.49. The van der Waals surface area contributed by atoms with Gasteiger partial charge in [-0.2, -0.15) is 5.10 Å². The molecule has 3 rings (SSSR count). The van der Waals surface area contributed by atoms with E-state index >= 15 is 0 Å². The van der Waals surface area contributed by atoms with E-state index in [0.29, 0.717) is 17.9 Å². The number of esters is 1. The lowest BCUT2D eigenvalue weighted by molar-refractivity contribution is -0.111. The van der Waals surface area contributed by atoms with E-state index in [1.807, 2.05) is 11.0 Å². The molecule has 1 aliphatic heterocycles. The first-order valence-corrected chi connectivity index (χ1v) is 8.56. The lowest BCUT2D eigenvalue weighted by atomic mass is 10.00. The fourth-order valence-corrected chi connectivity index (χ4v) is 3.14. The molecule has 0 bridgehead atoms. The molecule has 0 spiro atoms. The summed E-state index contributed by atoms with van der Waals surface area (Å²) >= 11 is 0. The van der Waals surface area contributed by atoms with Gasteiger partial charge in [0, 0.05) is 25.1 Å². The number of rotatable bonds is 5. The molecular formula is C19H21N3O4. The van der Waals surface area contributed by atoms with Crippen molar-refractivity contribution in [2.75, 3.05) is 25.1 Å². The Labute approximate surface area is 151 Å². The van der Waals surface area contributed by atoms with E-state index in [0.717, 1.165) is 31.2 Å². The minimum Gasteiger partial charge on any atom is -0.465 e. The summed E-state index contributed by atoms with van der Waals surface area (Å²) in [7, 11) is 1.33. The van der Waals surface area contributed by atoms with Crippen LogP contribution in [-0.4, -0.2) is 42.2 Å². The molecule has 1 fully saturated rings. The van der Waals surface area contributed by atoms with Crippen LogP contribution in [-0.2, 0) is 16.1 Å². The van der Waals surface area contributed by atoms with Crippen LogP contribution in [0.1, 0.15) is 28.8 Å². The van der Waals surface area contributed by atoms with Crippen LogP contribution in [0, 0.1) is 5.92 Å². The molecule has 1 atom stereocenters. The first-order chi connectivity index (χ1) is 12.6. The third-order valence-corrected chi connectivity index (χ3v) is 4.51. The van der Waals surface area contributed by atoms with Gasteiger partial charge in [-0.15, -0.1) is 0 Å². The molecule has 1 unspecified atom stereocenters. The van der Waals surface area contributed by atoms with Gasteiger partial charge in [-0.1, -0.05) is 12.1 Å². The minimum absolute atomic E-state index is 0.00247. The van der Waals surface area contributed by atoms with E-state index in [4.69, 9.17) is 4.74 Å². The Morgan fingerprint density at radius 2 is 2.19 bits per heavy atom. The van der Waals surface area contributed by atoms with E-state index in [1.165, 1.54) is 17.9 Å². The van der Waals surface area contributed by atoms with Gasteiger partial charge in [-0.05, 0) is 36.6 Å². The van der Waals surface area contributed by atoms with Gasteiger partial charge in [0.05, 0.1) is 19.2 Å². The largest absolute Gasteiger partial charge is 0.465 e. The van der Waals surface area contributed by atoms with Gasteiger partial charge < -0.3 is 14.4 Å². The Balaban J connectivity index is 1.83. The van der Waals surface area contributed by atoms with Crippen LogP contribution >= 0.6 is 0 Å². The van der Waals surface area contributed by atoms with Crippen LogP contribution in [0.4, 0.5) is 5.82 Å². The van der Waals surface area contributed by atoms with Gasteiger partial charge in [0.25, 0.3) is 5.56 Å². The maximum atomic E-state index is 12.2. The highest BCUT2D eigenvalue weighted by atomic mass is 16.5. The number of anilines is 1. The average Bonchev–Trinajstić information content (AvgIpc) is 2.69. The molecule has 0 amide bonds. The normalized spacial score (nSPS) is 17.0. The second-order valence-corrected chi connectivity index (χ2v) is 6.36. The Bertz CT molecular complexity index is 862. The summed E-state index contributed by atoms with van der Waals surface area (Å²) in [6.07, 6.45) is 2.80. The molecule has 136 valence electrons. The van der Waals surface area contributed by atoms with Gasteiger partial charge in [-0.3, -0.25) is 4.79 Å². The smallest absolute Gasteiger partial charge is 0.337 e. The lowest BCUT2D eigenvalue weighted by Gasteiger charge is -2.31. The summed E-state index contributed by atoms with van der Waals surface area (Å²) in [5.74, 6) is 0.261. The number of benzene rings is 1. The molecular weight excluding hydrogens is 334 g/mol. The summed E-state index contributed by atoms with van der Waals surface area (Å²) in [5, 5.41) is 4.45. The monoisotopic (exact) mass is 355 g/mol. The summed E-state index contributed by atoms with van der Waals surface area (Å²) < 4.78 is 6.10. The number of aldehydes is 1. The summed E-state index contributed by atoms with van der Waals surface area (Å²) in [5.41, 5.74) is 0.990. The fraction of sp³-hybridized carbons (Fsp3) is 0.368. The van der Waals surface area contributed by atoms with Crippen molar-refractivity contribution < 1.29 is 14.3 Å². The molecule has 2 aromatic rings. The Hall–Kier alpha value is -2.96. The molecule has 0 saturated carbocycles. The molecule has 1 aliphatic rings. The molecule has 1 saturated heterocycles. The minimum atomic E-state index is -0.422. The third-order valence-electron chi connectivity index (χ3n) is 4.51. The topological polar surface area (TPSA) is 81.5 Å². The van der Waals surface area contributed by atoms with Crippen molar-refractivity contribution in [1.29, 1.82) is 0 Å². The van der Waals surface area contributed by atoms with E-state index < -0.39 is 5.97 Å². The number of carbonyl (C=O) groups excluding carboxylic acids is 2. The zero-order chi connectivity index (χ0) is 18.5. The standard InChI is InChI=1S/C19H21N3O4/c1-26-19(25)16-6-2-4-14(10-16)12-22-18(24)8-7-17(20-22)21-9-3-5-15(11-21)13-23/h2,4,6-8,10,13,15H,3,5,9,11-12H2,1H3. The first-order valence-electron chi connectivity index (χ1n) is 8.56. The van der Waals surface area contributed by atoms with Crippen LogP contribution in [0.5, 0.6) is 0 Å². The number of nitrogens with zero attached hydrogens (tertiary/aromatic N) is 3. The number of hydrogen-bond acceptors (Lipinski definition) is 6. The first kappa shape index (κ1) is 17.8. The summed E-state index contributed by atoms with van der Waals surface area (Å²) in [4.78, 5) is 37.0. The van der Waals surface area contributed by atoms with Crippen LogP contribution in [0.25, 0.3) is 0 Å². The fourth-order valence-electron chi connectivity index (χ4n) is 3.14. The number of piperidine rings is 1. The molecule has 0 N–H and O–H groups in total. The summed E-state index contributed by atoms with van der Waals surface area (Å²) in [6, 6.07) is 10.1. The van der Waals surface area contributed by atoms with Crippen molar-refractivity contribution >= 4 is 18.1 Å². The zero-order valence-corrected chi connectivity index (χ0v) is 14.6. The highest BCUT2D eigenvalue weighted by molar-refractivity contribution is 5.89. The van der Waals surface area contributed by atoms with Gasteiger partial charge >= 0.3 is 5.97 Å². The van der Waals surface area contributed by atoms with E-state index in [1.54, 1.807) is 24.3 Å². The van der Waals surface area contributed by atoms with E-state index in [2.05, 4.69) is 5.10 Å². The number of ether oxygens (including phenoxy) is 1. The Morgan fingerprint density at radius 1 is 1.35 bits per heavy atom. The van der Waals surface area contributed by atoms with Crippen molar-refractivity contribution in [3.8, 4) is 0 Å². The van der Waals surface area contributed by atoms with Gasteiger partial charge in [0.1, 0.15) is 12.1 Å².